The topological polar surface area (TPSA) is 63.0 Å². The normalized spacial score (nSPS) is 25.9. The summed E-state index contributed by atoms with van der Waals surface area (Å²) in [5.41, 5.74) is 0. The lowest BCUT2D eigenvalue weighted by Crippen LogP contribution is -2.42. The molecule has 0 amide bonds. The first-order chi connectivity index (χ1) is 7.81. The summed E-state index contributed by atoms with van der Waals surface area (Å²) in [6.45, 7) is 3.65. The Labute approximate surface area is 95.9 Å². The third-order valence-electron chi connectivity index (χ3n) is 3.29. The van der Waals surface area contributed by atoms with Gasteiger partial charge in [-0.05, 0) is 19.8 Å². The van der Waals surface area contributed by atoms with Crippen LogP contribution in [0.5, 0.6) is 0 Å². The van der Waals surface area contributed by atoms with Gasteiger partial charge >= 0.3 is 0 Å². The van der Waals surface area contributed by atoms with Crippen LogP contribution in [0.2, 0.25) is 0 Å². The zero-order chi connectivity index (χ0) is 11.4. The van der Waals surface area contributed by atoms with Crippen LogP contribution in [0.4, 0.5) is 0 Å². The van der Waals surface area contributed by atoms with E-state index in [0.717, 1.165) is 31.6 Å². The summed E-state index contributed by atoms with van der Waals surface area (Å²) >= 11 is 0. The number of hydrogen-bond donors (Lipinski definition) is 2. The van der Waals surface area contributed by atoms with Crippen LogP contribution in [0.25, 0.3) is 0 Å². The lowest BCUT2D eigenvalue weighted by atomic mass is 9.93. The number of hydrogen-bond acceptors (Lipinski definition) is 4. The molecular formula is C11H20N4O. The molecule has 0 spiro atoms. The van der Waals surface area contributed by atoms with Gasteiger partial charge < -0.3 is 15.0 Å². The highest BCUT2D eigenvalue weighted by molar-refractivity contribution is 4.88. The second-order valence-electron chi connectivity index (χ2n) is 4.37. The number of nitrogens with one attached hydrogen (secondary N) is 1. The quantitative estimate of drug-likeness (QED) is 0.790. The fraction of sp³-hybridized carbons (Fsp3) is 0.818. The van der Waals surface area contributed by atoms with E-state index in [9.17, 15) is 5.11 Å². The van der Waals surface area contributed by atoms with Crippen LogP contribution in [-0.2, 0) is 13.1 Å². The van der Waals surface area contributed by atoms with Gasteiger partial charge in [0, 0.05) is 12.6 Å². The van der Waals surface area contributed by atoms with Crippen molar-refractivity contribution >= 4 is 0 Å². The fourth-order valence-corrected chi connectivity index (χ4v) is 2.25. The molecule has 0 unspecified atom stereocenters. The van der Waals surface area contributed by atoms with E-state index in [1.165, 1.54) is 6.42 Å². The van der Waals surface area contributed by atoms with Gasteiger partial charge in [-0.3, -0.25) is 0 Å². The van der Waals surface area contributed by atoms with E-state index in [1.54, 1.807) is 6.33 Å². The fourth-order valence-electron chi connectivity index (χ4n) is 2.25. The average Bonchev–Trinajstić information content (AvgIpc) is 2.75. The first kappa shape index (κ1) is 11.5. The Hall–Kier alpha value is -0.940. The van der Waals surface area contributed by atoms with Crippen molar-refractivity contribution in [3.8, 4) is 0 Å². The predicted molar refractivity (Wildman–Crippen MR) is 60.8 cm³/mol. The summed E-state index contributed by atoms with van der Waals surface area (Å²) in [4.78, 5) is 0. The van der Waals surface area contributed by atoms with Crippen LogP contribution < -0.4 is 5.32 Å². The summed E-state index contributed by atoms with van der Waals surface area (Å²) in [6, 6.07) is 0.218. The average molecular weight is 224 g/mol. The van der Waals surface area contributed by atoms with Gasteiger partial charge in [-0.15, -0.1) is 10.2 Å². The summed E-state index contributed by atoms with van der Waals surface area (Å²) < 4.78 is 2.02. The minimum Gasteiger partial charge on any atom is -0.392 e. The zero-order valence-electron chi connectivity index (χ0n) is 9.76. The van der Waals surface area contributed by atoms with Gasteiger partial charge in [0.25, 0.3) is 0 Å². The smallest absolute Gasteiger partial charge is 0.146 e. The number of rotatable bonds is 4. The Morgan fingerprint density at radius 1 is 1.50 bits per heavy atom. The number of aromatic nitrogens is 3. The number of nitrogens with zero attached hydrogens (tertiary/aromatic N) is 3. The first-order valence-corrected chi connectivity index (χ1v) is 6.09. The minimum atomic E-state index is -0.202. The van der Waals surface area contributed by atoms with Crippen LogP contribution in [-0.4, -0.2) is 32.0 Å². The molecule has 1 aliphatic rings. The van der Waals surface area contributed by atoms with Gasteiger partial charge in [-0.1, -0.05) is 12.8 Å². The van der Waals surface area contributed by atoms with Crippen molar-refractivity contribution in [2.24, 2.45) is 0 Å². The van der Waals surface area contributed by atoms with Crippen molar-refractivity contribution < 1.29 is 5.11 Å². The molecule has 90 valence electrons. The Balaban J connectivity index is 1.86. The second-order valence-corrected chi connectivity index (χ2v) is 4.37. The van der Waals surface area contributed by atoms with Crippen LogP contribution in [0.15, 0.2) is 6.33 Å². The third kappa shape index (κ3) is 2.59. The maximum atomic E-state index is 9.82. The minimum absolute atomic E-state index is 0.202. The van der Waals surface area contributed by atoms with Gasteiger partial charge in [0.15, 0.2) is 0 Å². The van der Waals surface area contributed by atoms with Gasteiger partial charge in [0.1, 0.15) is 12.2 Å². The molecule has 2 atom stereocenters. The SMILES string of the molecule is CCn1cnnc1CN[C@H]1CCCC[C@@H]1O. The Kier molecular flexibility index (Phi) is 3.90. The van der Waals surface area contributed by atoms with E-state index < -0.39 is 0 Å². The largest absolute Gasteiger partial charge is 0.392 e. The first-order valence-electron chi connectivity index (χ1n) is 6.09. The molecule has 2 rings (SSSR count). The molecule has 1 saturated carbocycles. The maximum Gasteiger partial charge on any atom is 0.146 e. The second kappa shape index (κ2) is 5.41. The number of aryl methyl sites for hydroxylation is 1. The van der Waals surface area contributed by atoms with Crippen molar-refractivity contribution in [3.63, 3.8) is 0 Å². The summed E-state index contributed by atoms with van der Waals surface area (Å²) in [7, 11) is 0. The lowest BCUT2D eigenvalue weighted by Gasteiger charge is -2.28. The van der Waals surface area contributed by atoms with Crippen molar-refractivity contribution in [2.75, 3.05) is 0 Å². The predicted octanol–water partition coefficient (Wildman–Crippen LogP) is 0.691. The van der Waals surface area contributed by atoms with Gasteiger partial charge in [0.05, 0.1) is 12.6 Å². The monoisotopic (exact) mass is 224 g/mol. The Morgan fingerprint density at radius 3 is 3.06 bits per heavy atom. The van der Waals surface area contributed by atoms with E-state index in [2.05, 4.69) is 22.4 Å². The molecule has 5 heteroatoms. The highest BCUT2D eigenvalue weighted by Crippen LogP contribution is 2.18. The molecular weight excluding hydrogens is 204 g/mol. The molecule has 0 bridgehead atoms. The van der Waals surface area contributed by atoms with Crippen molar-refractivity contribution in [1.82, 2.24) is 20.1 Å². The van der Waals surface area contributed by atoms with Crippen LogP contribution >= 0.6 is 0 Å². The molecule has 2 N–H and O–H groups in total. The molecule has 1 fully saturated rings. The summed E-state index contributed by atoms with van der Waals surface area (Å²) in [5, 5.41) is 21.1. The zero-order valence-corrected chi connectivity index (χ0v) is 9.76. The number of aliphatic hydroxyl groups excluding tert-OH is 1. The van der Waals surface area contributed by atoms with Crippen LogP contribution in [0, 0.1) is 0 Å². The lowest BCUT2D eigenvalue weighted by molar-refractivity contribution is 0.0897. The highest BCUT2D eigenvalue weighted by atomic mass is 16.3. The molecule has 0 saturated heterocycles. The van der Waals surface area contributed by atoms with Gasteiger partial charge in [0.2, 0.25) is 0 Å². The molecule has 1 heterocycles. The van der Waals surface area contributed by atoms with E-state index in [0.29, 0.717) is 6.54 Å². The molecule has 1 aromatic heterocycles. The Morgan fingerprint density at radius 2 is 2.31 bits per heavy atom. The number of aliphatic hydroxyl groups is 1. The van der Waals surface area contributed by atoms with Crippen LogP contribution in [0.3, 0.4) is 0 Å². The molecule has 0 radical (unpaired) electrons. The van der Waals surface area contributed by atoms with Crippen molar-refractivity contribution in [1.29, 1.82) is 0 Å². The summed E-state index contributed by atoms with van der Waals surface area (Å²) in [5.74, 6) is 0.945. The molecule has 16 heavy (non-hydrogen) atoms. The maximum absolute atomic E-state index is 9.82. The standard InChI is InChI=1S/C11H20N4O/c1-2-15-8-13-14-11(15)7-12-9-5-3-4-6-10(9)16/h8-10,12,16H,2-7H2,1H3/t9-,10-/m0/s1. The molecule has 0 aliphatic heterocycles. The molecule has 0 aromatic carbocycles. The molecule has 1 aromatic rings. The van der Waals surface area contributed by atoms with E-state index in [4.69, 9.17) is 0 Å². The van der Waals surface area contributed by atoms with Crippen LogP contribution in [0.1, 0.15) is 38.4 Å². The van der Waals surface area contributed by atoms with Gasteiger partial charge in [-0.2, -0.15) is 0 Å². The molecule has 1 aliphatic carbocycles. The van der Waals surface area contributed by atoms with E-state index in [1.807, 2.05) is 4.57 Å². The van der Waals surface area contributed by atoms with Crippen molar-refractivity contribution in [2.45, 2.75) is 57.8 Å². The highest BCUT2D eigenvalue weighted by Gasteiger charge is 2.22. The summed E-state index contributed by atoms with van der Waals surface area (Å²) in [6.07, 6.45) is 5.86. The van der Waals surface area contributed by atoms with Crippen molar-refractivity contribution in [3.05, 3.63) is 12.2 Å². The van der Waals surface area contributed by atoms with E-state index >= 15 is 0 Å². The van der Waals surface area contributed by atoms with E-state index in [-0.39, 0.29) is 12.1 Å². The Bertz CT molecular complexity index is 326. The van der Waals surface area contributed by atoms with Gasteiger partial charge in [-0.25, -0.2) is 0 Å². The third-order valence-corrected chi connectivity index (χ3v) is 3.29. The molecule has 5 nitrogen and oxygen atoms in total.